The monoisotopic (exact) mass is 395 g/mol. The molecule has 3 rings (SSSR count). The number of halogens is 3. The molecule has 1 heterocycles. The molecule has 0 amide bonds. The first-order valence-electron chi connectivity index (χ1n) is 6.56. The fourth-order valence-electron chi connectivity index (χ4n) is 2.03. The molecule has 6 nitrogen and oxygen atoms in total. The summed E-state index contributed by atoms with van der Waals surface area (Å²) in [6, 6.07) is 7.04. The average molecular weight is 396 g/mol. The lowest BCUT2D eigenvalue weighted by molar-refractivity contribution is -0.384. The smallest absolute Gasteiger partial charge is 0.296 e. The van der Waals surface area contributed by atoms with Crippen molar-refractivity contribution < 1.29 is 18.4 Å². The van der Waals surface area contributed by atoms with E-state index in [1.165, 1.54) is 29.2 Å². The zero-order valence-electron chi connectivity index (χ0n) is 11.8. The number of rotatable bonds is 4. The Kier molecular flexibility index (Phi) is 4.26. The lowest BCUT2D eigenvalue weighted by atomic mass is 10.2. The summed E-state index contributed by atoms with van der Waals surface area (Å²) >= 11 is 3.15. The first kappa shape index (κ1) is 16.1. The summed E-state index contributed by atoms with van der Waals surface area (Å²) in [5, 5.41) is 15.2. The van der Waals surface area contributed by atoms with Crippen molar-refractivity contribution in [2.75, 3.05) is 0 Å². The largest absolute Gasteiger partial charge is 0.453 e. The van der Waals surface area contributed by atoms with Crippen LogP contribution in [0.1, 0.15) is 0 Å². The van der Waals surface area contributed by atoms with Crippen molar-refractivity contribution >= 4 is 21.6 Å². The second-order valence-corrected chi connectivity index (χ2v) is 5.51. The van der Waals surface area contributed by atoms with Gasteiger partial charge in [0.15, 0.2) is 11.6 Å². The number of nitro benzene ring substituents is 1. The molecule has 0 aliphatic heterocycles. The number of hydrogen-bond donors (Lipinski definition) is 0. The molecule has 0 spiro atoms. The van der Waals surface area contributed by atoms with Gasteiger partial charge in [-0.15, -0.1) is 0 Å². The van der Waals surface area contributed by atoms with Crippen molar-refractivity contribution in [3.05, 3.63) is 75.0 Å². The molecular formula is C15H8BrF2N3O3. The van der Waals surface area contributed by atoms with Crippen LogP contribution >= 0.6 is 15.9 Å². The SMILES string of the molecule is O=[N+]([O-])c1cc(Br)c(Oc2ccc(F)cc2F)cc1-n1cccn1. The molecule has 0 saturated carbocycles. The second kappa shape index (κ2) is 6.36. The highest BCUT2D eigenvalue weighted by atomic mass is 79.9. The van der Waals surface area contributed by atoms with Gasteiger partial charge in [0.2, 0.25) is 0 Å². The number of aromatic nitrogens is 2. The third-order valence-corrected chi connectivity index (χ3v) is 3.71. The van der Waals surface area contributed by atoms with Gasteiger partial charge in [0.1, 0.15) is 17.3 Å². The lowest BCUT2D eigenvalue weighted by Gasteiger charge is -2.11. The van der Waals surface area contributed by atoms with Gasteiger partial charge in [-0.2, -0.15) is 5.10 Å². The van der Waals surface area contributed by atoms with Crippen LogP contribution in [0.3, 0.4) is 0 Å². The van der Waals surface area contributed by atoms with Crippen LogP contribution in [0.4, 0.5) is 14.5 Å². The second-order valence-electron chi connectivity index (χ2n) is 4.66. The van der Waals surface area contributed by atoms with Crippen molar-refractivity contribution in [1.82, 2.24) is 9.78 Å². The predicted molar refractivity (Wildman–Crippen MR) is 84.4 cm³/mol. The van der Waals surface area contributed by atoms with Crippen LogP contribution in [-0.4, -0.2) is 14.7 Å². The van der Waals surface area contributed by atoms with E-state index in [1.54, 1.807) is 6.07 Å². The van der Waals surface area contributed by atoms with Crippen LogP contribution < -0.4 is 4.74 Å². The third-order valence-electron chi connectivity index (χ3n) is 3.09. The zero-order valence-corrected chi connectivity index (χ0v) is 13.4. The number of nitrogens with zero attached hydrogens (tertiary/aromatic N) is 3. The maximum absolute atomic E-state index is 13.7. The molecule has 0 aliphatic carbocycles. The van der Waals surface area contributed by atoms with Gasteiger partial charge in [-0.1, -0.05) is 0 Å². The summed E-state index contributed by atoms with van der Waals surface area (Å²) in [6.07, 6.45) is 2.99. The number of ether oxygens (including phenoxy) is 1. The molecule has 1 aromatic heterocycles. The molecule has 0 unspecified atom stereocenters. The molecule has 2 aromatic carbocycles. The van der Waals surface area contributed by atoms with Crippen molar-refractivity contribution in [2.45, 2.75) is 0 Å². The van der Waals surface area contributed by atoms with E-state index >= 15 is 0 Å². The van der Waals surface area contributed by atoms with E-state index in [9.17, 15) is 18.9 Å². The molecule has 0 aliphatic rings. The number of hydrogen-bond acceptors (Lipinski definition) is 4. The minimum Gasteiger partial charge on any atom is -0.453 e. The van der Waals surface area contributed by atoms with E-state index in [4.69, 9.17) is 4.74 Å². The van der Waals surface area contributed by atoms with E-state index in [-0.39, 0.29) is 27.3 Å². The Bertz CT molecular complexity index is 917. The molecule has 0 radical (unpaired) electrons. The molecule has 122 valence electrons. The summed E-state index contributed by atoms with van der Waals surface area (Å²) in [5.41, 5.74) is -0.0665. The van der Waals surface area contributed by atoms with Crippen LogP contribution in [0.5, 0.6) is 11.5 Å². The quantitative estimate of drug-likeness (QED) is 0.477. The van der Waals surface area contributed by atoms with E-state index in [0.717, 1.165) is 12.1 Å². The highest BCUT2D eigenvalue weighted by Crippen LogP contribution is 2.37. The first-order chi connectivity index (χ1) is 11.5. The normalized spacial score (nSPS) is 10.6. The Morgan fingerprint density at radius 3 is 2.62 bits per heavy atom. The van der Waals surface area contributed by atoms with Crippen molar-refractivity contribution in [2.24, 2.45) is 0 Å². The molecule has 0 N–H and O–H groups in total. The highest BCUT2D eigenvalue weighted by molar-refractivity contribution is 9.10. The summed E-state index contributed by atoms with van der Waals surface area (Å²) in [4.78, 5) is 10.7. The molecule has 0 saturated heterocycles. The lowest BCUT2D eigenvalue weighted by Crippen LogP contribution is -2.02. The standard InChI is InChI=1S/C15H8BrF2N3O3/c16-10-7-13(21(22)23)12(20-5-1-4-19-20)8-15(10)24-14-3-2-9(17)6-11(14)18/h1-8H. The highest BCUT2D eigenvalue weighted by Gasteiger charge is 2.21. The Morgan fingerprint density at radius 2 is 2.00 bits per heavy atom. The van der Waals surface area contributed by atoms with Crippen molar-refractivity contribution in [3.63, 3.8) is 0 Å². The summed E-state index contributed by atoms with van der Waals surface area (Å²) in [5.74, 6) is -1.71. The summed E-state index contributed by atoms with van der Waals surface area (Å²) in [6.45, 7) is 0. The first-order valence-corrected chi connectivity index (χ1v) is 7.36. The van der Waals surface area contributed by atoms with Crippen LogP contribution in [0.2, 0.25) is 0 Å². The van der Waals surface area contributed by atoms with Gasteiger partial charge in [0.25, 0.3) is 5.69 Å². The zero-order chi connectivity index (χ0) is 17.3. The maximum atomic E-state index is 13.7. The van der Waals surface area contributed by atoms with Gasteiger partial charge in [-0.25, -0.2) is 13.5 Å². The van der Waals surface area contributed by atoms with Gasteiger partial charge in [-0.05, 0) is 34.1 Å². The molecule has 0 atom stereocenters. The summed E-state index contributed by atoms with van der Waals surface area (Å²) in [7, 11) is 0. The van der Waals surface area contributed by atoms with E-state index in [1.807, 2.05) is 0 Å². The molecule has 24 heavy (non-hydrogen) atoms. The molecule has 3 aromatic rings. The molecule has 9 heteroatoms. The van der Waals surface area contributed by atoms with Gasteiger partial charge < -0.3 is 4.74 Å². The topological polar surface area (TPSA) is 70.2 Å². The van der Waals surface area contributed by atoms with Gasteiger partial charge in [0, 0.05) is 30.6 Å². The van der Waals surface area contributed by atoms with E-state index < -0.39 is 16.6 Å². The summed E-state index contributed by atoms with van der Waals surface area (Å²) < 4.78 is 33.7. The van der Waals surface area contributed by atoms with E-state index in [2.05, 4.69) is 21.0 Å². The van der Waals surface area contributed by atoms with Crippen molar-refractivity contribution in [3.8, 4) is 17.2 Å². The molecule has 0 fully saturated rings. The van der Waals surface area contributed by atoms with Gasteiger partial charge in [-0.3, -0.25) is 10.1 Å². The van der Waals surface area contributed by atoms with E-state index in [0.29, 0.717) is 6.07 Å². The van der Waals surface area contributed by atoms with Gasteiger partial charge in [0.05, 0.1) is 9.40 Å². The Balaban J connectivity index is 2.08. The molecular weight excluding hydrogens is 388 g/mol. The van der Waals surface area contributed by atoms with Gasteiger partial charge >= 0.3 is 0 Å². The van der Waals surface area contributed by atoms with Crippen LogP contribution in [0.15, 0.2) is 53.3 Å². The Morgan fingerprint density at radius 1 is 1.21 bits per heavy atom. The average Bonchev–Trinajstić information content (AvgIpc) is 3.05. The third kappa shape index (κ3) is 3.11. The Hall–Kier alpha value is -2.81. The van der Waals surface area contributed by atoms with Crippen LogP contribution in [-0.2, 0) is 0 Å². The molecule has 0 bridgehead atoms. The number of nitro groups is 1. The van der Waals surface area contributed by atoms with Crippen molar-refractivity contribution in [1.29, 1.82) is 0 Å². The fraction of sp³-hybridized carbons (Fsp3) is 0. The van der Waals surface area contributed by atoms with Crippen LogP contribution in [0.25, 0.3) is 5.69 Å². The predicted octanol–water partition coefficient (Wildman–Crippen LogP) is 4.61. The van der Waals surface area contributed by atoms with Crippen LogP contribution in [0, 0.1) is 21.7 Å². The minimum absolute atomic E-state index is 0.122. The minimum atomic E-state index is -0.888. The fourth-order valence-corrected chi connectivity index (χ4v) is 2.44. The Labute approximate surface area is 142 Å². The number of benzene rings is 2. The maximum Gasteiger partial charge on any atom is 0.296 e.